The predicted molar refractivity (Wildman–Crippen MR) is 91.1 cm³/mol. The lowest BCUT2D eigenvalue weighted by molar-refractivity contribution is 0.0962. The summed E-state index contributed by atoms with van der Waals surface area (Å²) in [6, 6.07) is 2.11. The molecule has 6 heteroatoms. The van der Waals surface area contributed by atoms with Crippen LogP contribution in [0.2, 0.25) is 0 Å². The van der Waals surface area contributed by atoms with E-state index >= 15 is 0 Å². The maximum Gasteiger partial charge on any atom is 0.263 e. The van der Waals surface area contributed by atoms with Crippen molar-refractivity contribution in [2.24, 2.45) is 0 Å². The molecule has 2 aromatic heterocycles. The minimum atomic E-state index is -0.172. The van der Waals surface area contributed by atoms with Crippen LogP contribution in [0.1, 0.15) is 33.8 Å². The number of rotatable bonds is 3. The lowest BCUT2D eigenvalue weighted by Crippen LogP contribution is -2.24. The Morgan fingerprint density at radius 3 is 3.00 bits per heavy atom. The SMILES string of the molecule is C=C(Br)CNC(=O)c1sc2nc3c(cc2c1N)CCCC3. The average Bonchev–Trinajstić information content (AvgIpc) is 2.79. The van der Waals surface area contributed by atoms with Crippen LogP contribution in [0.4, 0.5) is 5.69 Å². The van der Waals surface area contributed by atoms with Crippen LogP contribution >= 0.6 is 27.3 Å². The molecule has 0 aliphatic heterocycles. The third kappa shape index (κ3) is 2.82. The molecule has 1 aliphatic carbocycles. The van der Waals surface area contributed by atoms with E-state index in [1.807, 2.05) is 0 Å². The van der Waals surface area contributed by atoms with Crippen LogP contribution in [-0.2, 0) is 12.8 Å². The third-order valence-corrected chi connectivity index (χ3v) is 5.04. The van der Waals surface area contributed by atoms with Crippen molar-refractivity contribution in [2.45, 2.75) is 25.7 Å². The molecule has 0 bridgehead atoms. The Bertz CT molecular complexity index is 738. The summed E-state index contributed by atoms with van der Waals surface area (Å²) in [5.74, 6) is -0.172. The molecule has 21 heavy (non-hydrogen) atoms. The average molecular weight is 366 g/mol. The van der Waals surface area contributed by atoms with Gasteiger partial charge in [0.1, 0.15) is 9.71 Å². The number of halogens is 1. The zero-order chi connectivity index (χ0) is 15.0. The first kappa shape index (κ1) is 14.5. The predicted octanol–water partition coefficient (Wildman–Crippen LogP) is 3.40. The molecule has 0 spiro atoms. The summed E-state index contributed by atoms with van der Waals surface area (Å²) in [7, 11) is 0. The van der Waals surface area contributed by atoms with Crippen molar-refractivity contribution in [3.05, 3.63) is 33.3 Å². The van der Waals surface area contributed by atoms with Gasteiger partial charge in [0.2, 0.25) is 0 Å². The highest BCUT2D eigenvalue weighted by Gasteiger charge is 2.20. The molecule has 110 valence electrons. The van der Waals surface area contributed by atoms with Crippen LogP contribution in [0.15, 0.2) is 17.1 Å². The first-order chi connectivity index (χ1) is 10.1. The van der Waals surface area contributed by atoms with Crippen molar-refractivity contribution in [2.75, 3.05) is 12.3 Å². The molecule has 2 heterocycles. The van der Waals surface area contributed by atoms with Crippen molar-refractivity contribution < 1.29 is 4.79 Å². The number of carbonyl (C=O) groups is 1. The van der Waals surface area contributed by atoms with E-state index in [0.29, 0.717) is 17.1 Å². The standard InChI is InChI=1S/C15H16BrN3OS/c1-8(16)7-18-14(20)13-12(17)10-6-9-4-2-3-5-11(9)19-15(10)21-13/h6H,1-5,7,17H2,(H,18,20). The number of hydrogen-bond acceptors (Lipinski definition) is 4. The number of nitrogens with zero attached hydrogens (tertiary/aromatic N) is 1. The molecular formula is C15H16BrN3OS. The van der Waals surface area contributed by atoms with E-state index in [1.165, 1.54) is 29.7 Å². The number of nitrogens with two attached hydrogens (primary N) is 1. The Kier molecular flexibility index (Phi) is 3.99. The smallest absolute Gasteiger partial charge is 0.263 e. The number of thiophene rings is 1. The molecule has 2 aromatic rings. The van der Waals surface area contributed by atoms with Crippen molar-refractivity contribution in [3.8, 4) is 0 Å². The number of fused-ring (bicyclic) bond motifs is 2. The normalized spacial score (nSPS) is 14.0. The van der Waals surface area contributed by atoms with Gasteiger partial charge in [0.05, 0.1) is 5.69 Å². The zero-order valence-corrected chi connectivity index (χ0v) is 13.9. The first-order valence-corrected chi connectivity index (χ1v) is 8.49. The number of aryl methyl sites for hydroxylation is 2. The Labute approximate surface area is 135 Å². The van der Waals surface area contributed by atoms with Gasteiger partial charge in [-0.1, -0.05) is 22.5 Å². The van der Waals surface area contributed by atoms with Crippen LogP contribution in [0.3, 0.4) is 0 Å². The molecule has 0 saturated heterocycles. The van der Waals surface area contributed by atoms with Gasteiger partial charge in [-0.05, 0) is 37.3 Å². The van der Waals surface area contributed by atoms with Gasteiger partial charge in [-0.3, -0.25) is 4.79 Å². The van der Waals surface area contributed by atoms with E-state index in [2.05, 4.69) is 33.9 Å². The number of carbonyl (C=O) groups excluding carboxylic acids is 1. The molecular weight excluding hydrogens is 350 g/mol. The fourth-order valence-corrected chi connectivity index (χ4v) is 3.74. The van der Waals surface area contributed by atoms with Crippen LogP contribution in [0.5, 0.6) is 0 Å². The molecule has 3 rings (SSSR count). The van der Waals surface area contributed by atoms with E-state index in [1.54, 1.807) is 0 Å². The second-order valence-electron chi connectivity index (χ2n) is 5.20. The highest BCUT2D eigenvalue weighted by molar-refractivity contribution is 9.11. The van der Waals surface area contributed by atoms with Gasteiger partial charge in [-0.25, -0.2) is 4.98 Å². The molecule has 0 aromatic carbocycles. The van der Waals surface area contributed by atoms with E-state index < -0.39 is 0 Å². The van der Waals surface area contributed by atoms with Crippen molar-refractivity contribution in [1.29, 1.82) is 0 Å². The zero-order valence-electron chi connectivity index (χ0n) is 11.5. The minimum absolute atomic E-state index is 0.172. The second kappa shape index (κ2) is 5.77. The van der Waals surface area contributed by atoms with E-state index in [4.69, 9.17) is 10.7 Å². The van der Waals surface area contributed by atoms with Crippen LogP contribution < -0.4 is 11.1 Å². The first-order valence-electron chi connectivity index (χ1n) is 6.88. The third-order valence-electron chi connectivity index (χ3n) is 3.65. The van der Waals surface area contributed by atoms with Gasteiger partial charge in [-0.15, -0.1) is 11.3 Å². The molecule has 0 atom stereocenters. The summed E-state index contributed by atoms with van der Waals surface area (Å²) in [4.78, 5) is 18.3. The molecule has 0 radical (unpaired) electrons. The molecule has 0 fully saturated rings. The highest BCUT2D eigenvalue weighted by atomic mass is 79.9. The van der Waals surface area contributed by atoms with E-state index in [9.17, 15) is 4.79 Å². The van der Waals surface area contributed by atoms with Crippen LogP contribution in [0.25, 0.3) is 10.2 Å². The Morgan fingerprint density at radius 2 is 2.24 bits per heavy atom. The summed E-state index contributed by atoms with van der Waals surface area (Å²) < 4.78 is 0.726. The second-order valence-corrected chi connectivity index (χ2v) is 7.32. The van der Waals surface area contributed by atoms with Gasteiger partial charge in [0.15, 0.2) is 0 Å². The number of pyridine rings is 1. The molecule has 4 nitrogen and oxygen atoms in total. The number of amides is 1. The highest BCUT2D eigenvalue weighted by Crippen LogP contribution is 2.35. The molecule has 0 unspecified atom stereocenters. The Hall–Kier alpha value is -1.40. The summed E-state index contributed by atoms with van der Waals surface area (Å²) >= 11 is 4.59. The summed E-state index contributed by atoms with van der Waals surface area (Å²) in [5, 5.41) is 3.69. The van der Waals surface area contributed by atoms with Crippen LogP contribution in [0, 0.1) is 0 Å². The van der Waals surface area contributed by atoms with E-state index in [-0.39, 0.29) is 5.91 Å². The maximum atomic E-state index is 12.2. The number of anilines is 1. The Morgan fingerprint density at radius 1 is 1.48 bits per heavy atom. The topological polar surface area (TPSA) is 68.0 Å². The monoisotopic (exact) mass is 365 g/mol. The molecule has 1 aliphatic rings. The number of nitrogen functional groups attached to an aromatic ring is 1. The van der Waals surface area contributed by atoms with Gasteiger partial charge < -0.3 is 11.1 Å². The van der Waals surface area contributed by atoms with Crippen molar-refractivity contribution in [1.82, 2.24) is 10.3 Å². The summed E-state index contributed by atoms with van der Waals surface area (Å²) in [6.45, 7) is 4.09. The molecule has 3 N–H and O–H groups in total. The quantitative estimate of drug-likeness (QED) is 0.875. The number of nitrogens with one attached hydrogen (secondary N) is 1. The molecule has 1 amide bonds. The number of aromatic nitrogens is 1. The van der Waals surface area contributed by atoms with Gasteiger partial charge in [0, 0.05) is 22.1 Å². The fourth-order valence-electron chi connectivity index (χ4n) is 2.58. The van der Waals surface area contributed by atoms with E-state index in [0.717, 1.165) is 33.2 Å². The molecule has 0 saturated carbocycles. The summed E-state index contributed by atoms with van der Waals surface area (Å²) in [5.41, 5.74) is 9.13. The van der Waals surface area contributed by atoms with Crippen molar-refractivity contribution >= 4 is 49.1 Å². The maximum absolute atomic E-state index is 12.2. The fraction of sp³-hybridized carbons (Fsp3) is 0.333. The largest absolute Gasteiger partial charge is 0.397 e. The van der Waals surface area contributed by atoms with Crippen LogP contribution in [-0.4, -0.2) is 17.4 Å². The lowest BCUT2D eigenvalue weighted by Gasteiger charge is -2.14. The lowest BCUT2D eigenvalue weighted by atomic mass is 9.95. The Balaban J connectivity index is 1.99. The number of hydrogen-bond donors (Lipinski definition) is 2. The van der Waals surface area contributed by atoms with Crippen molar-refractivity contribution in [3.63, 3.8) is 0 Å². The minimum Gasteiger partial charge on any atom is -0.397 e. The van der Waals surface area contributed by atoms with Gasteiger partial charge in [-0.2, -0.15) is 0 Å². The van der Waals surface area contributed by atoms with Gasteiger partial charge in [0.25, 0.3) is 5.91 Å². The summed E-state index contributed by atoms with van der Waals surface area (Å²) in [6.07, 6.45) is 4.46. The van der Waals surface area contributed by atoms with Gasteiger partial charge >= 0.3 is 0 Å².